The number of carbonyl (C=O) groups excluding carboxylic acids is 1. The third kappa shape index (κ3) is 3.95. The molecule has 2 aromatic carbocycles. The number of rotatable bonds is 6. The number of fused-ring (bicyclic) bond motifs is 2. The summed E-state index contributed by atoms with van der Waals surface area (Å²) in [5, 5.41) is 0. The number of hydrogen-bond acceptors (Lipinski definition) is 5. The Balaban J connectivity index is 1.13. The average Bonchev–Trinajstić information content (AvgIpc) is 3.44. The summed E-state index contributed by atoms with van der Waals surface area (Å²) in [6.07, 6.45) is 1.56. The van der Waals surface area contributed by atoms with Gasteiger partial charge in [-0.15, -0.1) is 0 Å². The van der Waals surface area contributed by atoms with E-state index in [9.17, 15) is 4.79 Å². The molecule has 2 aromatic rings. The lowest BCUT2D eigenvalue weighted by Gasteiger charge is -2.18. The number of ether oxygens (including phenoxy) is 4. The van der Waals surface area contributed by atoms with Crippen LogP contribution in [0, 0.1) is 0 Å². The summed E-state index contributed by atoms with van der Waals surface area (Å²) >= 11 is 0. The number of esters is 1. The van der Waals surface area contributed by atoms with Crippen molar-refractivity contribution < 1.29 is 23.7 Å². The van der Waals surface area contributed by atoms with Crippen molar-refractivity contribution in [2.45, 2.75) is 56.2 Å². The van der Waals surface area contributed by atoms with Gasteiger partial charge in [0.2, 0.25) is 0 Å². The molecular weight excluding hydrogens is 368 g/mol. The van der Waals surface area contributed by atoms with Crippen molar-refractivity contribution in [1.82, 2.24) is 0 Å². The molecule has 2 saturated heterocycles. The van der Waals surface area contributed by atoms with Crippen molar-refractivity contribution in [3.05, 3.63) is 71.3 Å². The molecule has 29 heavy (non-hydrogen) atoms. The summed E-state index contributed by atoms with van der Waals surface area (Å²) < 4.78 is 23.6. The van der Waals surface area contributed by atoms with Gasteiger partial charge in [0, 0.05) is 0 Å². The molecule has 5 heteroatoms. The first-order valence-corrected chi connectivity index (χ1v) is 10.4. The van der Waals surface area contributed by atoms with Crippen molar-refractivity contribution in [3.63, 3.8) is 0 Å². The molecule has 1 aliphatic carbocycles. The summed E-state index contributed by atoms with van der Waals surface area (Å²) in [6, 6.07) is 18.4. The van der Waals surface area contributed by atoms with E-state index in [1.165, 1.54) is 11.1 Å². The Morgan fingerprint density at radius 2 is 1.66 bits per heavy atom. The van der Waals surface area contributed by atoms with E-state index in [2.05, 4.69) is 18.2 Å². The Morgan fingerprint density at radius 1 is 0.931 bits per heavy atom. The van der Waals surface area contributed by atoms with Crippen molar-refractivity contribution >= 4 is 5.97 Å². The molecule has 2 fully saturated rings. The van der Waals surface area contributed by atoms with Gasteiger partial charge < -0.3 is 18.9 Å². The van der Waals surface area contributed by atoms with Gasteiger partial charge in [-0.3, -0.25) is 4.79 Å². The Morgan fingerprint density at radius 3 is 2.52 bits per heavy atom. The number of benzene rings is 2. The molecule has 0 spiro atoms. The number of carbonyl (C=O) groups is 1. The molecule has 2 heterocycles. The fraction of sp³-hybridized carbons (Fsp3) is 0.458. The van der Waals surface area contributed by atoms with Crippen LogP contribution in [0.1, 0.15) is 35.4 Å². The zero-order valence-electron chi connectivity index (χ0n) is 16.4. The molecule has 152 valence electrons. The van der Waals surface area contributed by atoms with E-state index >= 15 is 0 Å². The Labute approximate surface area is 170 Å². The molecule has 0 radical (unpaired) electrons. The molecule has 0 bridgehead atoms. The van der Waals surface area contributed by atoms with Gasteiger partial charge in [-0.25, -0.2) is 0 Å². The largest absolute Gasteiger partial charge is 0.457 e. The van der Waals surface area contributed by atoms with Crippen LogP contribution in [0.5, 0.6) is 0 Å². The molecule has 0 aromatic heterocycles. The van der Waals surface area contributed by atoms with Gasteiger partial charge in [-0.05, 0) is 35.4 Å². The monoisotopic (exact) mass is 394 g/mol. The number of aryl methyl sites for hydroxylation is 1. The van der Waals surface area contributed by atoms with Crippen LogP contribution in [0.15, 0.2) is 54.6 Å². The molecule has 3 aliphatic rings. The van der Waals surface area contributed by atoms with Gasteiger partial charge in [0.15, 0.2) is 6.10 Å². The summed E-state index contributed by atoms with van der Waals surface area (Å²) in [5.74, 6) is 0.0847. The summed E-state index contributed by atoms with van der Waals surface area (Å²) in [5.41, 5.74) is 3.76. The van der Waals surface area contributed by atoms with E-state index in [-0.39, 0.29) is 36.3 Å². The lowest BCUT2D eigenvalue weighted by Crippen LogP contribution is -2.35. The van der Waals surface area contributed by atoms with E-state index in [1.807, 2.05) is 36.4 Å². The predicted octanol–water partition coefficient (Wildman–Crippen LogP) is 3.40. The van der Waals surface area contributed by atoms with Crippen molar-refractivity contribution in [2.24, 2.45) is 0 Å². The second kappa shape index (κ2) is 8.27. The van der Waals surface area contributed by atoms with Gasteiger partial charge in [0.05, 0.1) is 26.2 Å². The molecule has 0 N–H and O–H groups in total. The van der Waals surface area contributed by atoms with Crippen LogP contribution in [0.3, 0.4) is 0 Å². The number of hydrogen-bond donors (Lipinski definition) is 0. The van der Waals surface area contributed by atoms with E-state index in [1.54, 1.807) is 0 Å². The minimum atomic E-state index is -0.352. The maximum Gasteiger partial charge on any atom is 0.306 e. The van der Waals surface area contributed by atoms with Gasteiger partial charge in [0.1, 0.15) is 18.3 Å². The van der Waals surface area contributed by atoms with Crippen molar-refractivity contribution in [1.29, 1.82) is 0 Å². The van der Waals surface area contributed by atoms with Crippen LogP contribution in [0.2, 0.25) is 0 Å². The average molecular weight is 394 g/mol. The SMILES string of the molecule is O=C(C[C@@H]1CCc2ccccc21)O[C@@H]1CO[C@H]2[C@@H]1OC[C@@H]2OCc1ccccc1. The second-order valence-corrected chi connectivity index (χ2v) is 8.10. The van der Waals surface area contributed by atoms with Gasteiger partial charge >= 0.3 is 5.97 Å². The molecule has 0 saturated carbocycles. The third-order valence-electron chi connectivity index (χ3n) is 6.22. The van der Waals surface area contributed by atoms with Crippen molar-refractivity contribution in [3.8, 4) is 0 Å². The fourth-order valence-electron chi connectivity index (χ4n) is 4.73. The molecule has 5 rings (SSSR count). The van der Waals surface area contributed by atoms with Crippen LogP contribution in [-0.4, -0.2) is 43.6 Å². The molecule has 5 nitrogen and oxygen atoms in total. The zero-order chi connectivity index (χ0) is 19.6. The Kier molecular flexibility index (Phi) is 5.36. The second-order valence-electron chi connectivity index (χ2n) is 8.10. The fourth-order valence-corrected chi connectivity index (χ4v) is 4.73. The molecule has 0 unspecified atom stereocenters. The summed E-state index contributed by atoms with van der Waals surface area (Å²) in [7, 11) is 0. The third-order valence-corrected chi connectivity index (χ3v) is 6.22. The minimum Gasteiger partial charge on any atom is -0.457 e. The van der Waals surface area contributed by atoms with Crippen molar-refractivity contribution in [2.75, 3.05) is 13.2 Å². The standard InChI is InChI=1S/C24H26O5/c25-22(12-18-11-10-17-8-4-5-9-19(17)18)29-21-15-28-23-20(14-27-24(21)23)26-13-16-6-2-1-3-7-16/h1-9,18,20-21,23-24H,10-15H2/t18-,20-,21+,23+,24+/m0/s1. The quantitative estimate of drug-likeness (QED) is 0.703. The predicted molar refractivity (Wildman–Crippen MR) is 107 cm³/mol. The lowest BCUT2D eigenvalue weighted by molar-refractivity contribution is -0.154. The highest BCUT2D eigenvalue weighted by molar-refractivity contribution is 5.71. The van der Waals surface area contributed by atoms with Gasteiger partial charge in [0.25, 0.3) is 0 Å². The maximum atomic E-state index is 12.6. The van der Waals surface area contributed by atoms with Crippen LogP contribution in [0.25, 0.3) is 0 Å². The molecular formula is C24H26O5. The first-order valence-electron chi connectivity index (χ1n) is 10.4. The highest BCUT2D eigenvalue weighted by Crippen LogP contribution is 2.36. The lowest BCUT2D eigenvalue weighted by atomic mass is 9.98. The van der Waals surface area contributed by atoms with E-state index in [0.29, 0.717) is 26.2 Å². The van der Waals surface area contributed by atoms with E-state index in [4.69, 9.17) is 18.9 Å². The zero-order valence-corrected chi connectivity index (χ0v) is 16.4. The minimum absolute atomic E-state index is 0.134. The van der Waals surface area contributed by atoms with E-state index < -0.39 is 0 Å². The Hall–Kier alpha value is -2.21. The molecule has 0 amide bonds. The normalized spacial score (nSPS) is 30.1. The van der Waals surface area contributed by atoms with Crippen LogP contribution in [0.4, 0.5) is 0 Å². The summed E-state index contributed by atoms with van der Waals surface area (Å²) in [6.45, 7) is 1.35. The first kappa shape index (κ1) is 18.8. The highest BCUT2D eigenvalue weighted by Gasteiger charge is 2.50. The van der Waals surface area contributed by atoms with Gasteiger partial charge in [-0.1, -0.05) is 54.6 Å². The Bertz CT molecular complexity index is 851. The highest BCUT2D eigenvalue weighted by atomic mass is 16.7. The maximum absolute atomic E-state index is 12.6. The first-order chi connectivity index (χ1) is 14.3. The van der Waals surface area contributed by atoms with Crippen LogP contribution < -0.4 is 0 Å². The molecule has 5 atom stereocenters. The smallest absolute Gasteiger partial charge is 0.306 e. The van der Waals surface area contributed by atoms with Crippen LogP contribution in [-0.2, 0) is 36.8 Å². The topological polar surface area (TPSA) is 54.0 Å². The van der Waals surface area contributed by atoms with E-state index in [0.717, 1.165) is 18.4 Å². The summed E-state index contributed by atoms with van der Waals surface area (Å²) in [4.78, 5) is 12.6. The van der Waals surface area contributed by atoms with Gasteiger partial charge in [-0.2, -0.15) is 0 Å². The molecule has 2 aliphatic heterocycles. The van der Waals surface area contributed by atoms with Crippen LogP contribution >= 0.6 is 0 Å².